The van der Waals surface area contributed by atoms with Crippen molar-refractivity contribution >= 4 is 36.6 Å². The van der Waals surface area contributed by atoms with E-state index in [4.69, 9.17) is 17.5 Å². The van der Waals surface area contributed by atoms with Crippen molar-refractivity contribution in [1.29, 1.82) is 0 Å². The summed E-state index contributed by atoms with van der Waals surface area (Å²) in [5.74, 6) is 0. The zero-order chi connectivity index (χ0) is 4.50. The Morgan fingerprint density at radius 2 is 1.33 bits per heavy atom. The monoisotopic (exact) mass is 309 g/mol. The van der Waals surface area contributed by atoms with Crippen LogP contribution in [-0.4, -0.2) is 43.7 Å². The van der Waals surface area contributed by atoms with Crippen LogP contribution in [0.1, 0.15) is 1.43 Å². The van der Waals surface area contributed by atoms with Gasteiger partial charge in [0, 0.05) is 10.4 Å². The van der Waals surface area contributed by atoms with E-state index in [9.17, 15) is 0 Å². The van der Waals surface area contributed by atoms with E-state index < -0.39 is 10.4 Å². The summed E-state index contributed by atoms with van der Waals surface area (Å²) < 4.78 is 34.1. The maximum absolute atomic E-state index is 8.52. The summed E-state index contributed by atoms with van der Waals surface area (Å²) in [6.07, 6.45) is 0. The molecule has 0 fully saturated rings. The van der Waals surface area contributed by atoms with Gasteiger partial charge in [0.05, 0.1) is 0 Å². The van der Waals surface area contributed by atoms with Gasteiger partial charge in [0.2, 0.25) is 0 Å². The minimum Gasteiger partial charge on any atom is 1.00 e. The predicted octanol–water partition coefficient (Wildman–Crippen LogP) is -2.41. The number of hydrogen-bond acceptors (Lipinski definition) is 4. The van der Waals surface area contributed by atoms with Crippen molar-refractivity contribution in [2.75, 3.05) is 0 Å². The van der Waals surface area contributed by atoms with E-state index >= 15 is 0 Å². The van der Waals surface area contributed by atoms with Crippen LogP contribution in [0.15, 0.2) is 0 Å². The van der Waals surface area contributed by atoms with Crippen LogP contribution < -0.4 is 0 Å². The zero-order valence-corrected chi connectivity index (χ0v) is 9.06. The second kappa shape index (κ2) is 2.85. The fourth-order valence-corrected chi connectivity index (χ4v) is 0. The summed E-state index contributed by atoms with van der Waals surface area (Å²) >= 11 is 0. The van der Waals surface area contributed by atoms with Crippen LogP contribution in [0.4, 0.5) is 0 Å². The van der Waals surface area contributed by atoms with Gasteiger partial charge in [-0.05, 0) is 0 Å². The summed E-state index contributed by atoms with van der Waals surface area (Å²) in [5.41, 5.74) is 0. The summed E-state index contributed by atoms with van der Waals surface area (Å²) in [6, 6.07) is 0. The SMILES string of the molecule is O=S(=O)([O-])[O-].[BiH3].[H+]. The molecular formula is H4BiO4S-. The average molecular weight is 309 g/mol. The van der Waals surface area contributed by atoms with Crippen LogP contribution >= 0.6 is 0 Å². The van der Waals surface area contributed by atoms with Crippen molar-refractivity contribution in [1.82, 2.24) is 0 Å². The molecule has 40 valence electrons. The van der Waals surface area contributed by atoms with Gasteiger partial charge in [0.15, 0.2) is 0 Å². The minimum absolute atomic E-state index is 0. The van der Waals surface area contributed by atoms with Gasteiger partial charge in [-0.2, -0.15) is 0 Å². The largest absolute Gasteiger partial charge is 1.00 e. The molecule has 6 heteroatoms. The van der Waals surface area contributed by atoms with Crippen LogP contribution in [0.25, 0.3) is 0 Å². The summed E-state index contributed by atoms with van der Waals surface area (Å²) in [4.78, 5) is 0. The molecule has 0 aromatic heterocycles. The van der Waals surface area contributed by atoms with Crippen molar-refractivity contribution in [2.45, 2.75) is 0 Å². The third-order valence-corrected chi connectivity index (χ3v) is 0. The second-order valence-corrected chi connectivity index (χ2v) is 1.22. The number of hydrogen-bond donors (Lipinski definition) is 0. The molecule has 0 aromatic carbocycles. The third kappa shape index (κ3) is 118. The predicted molar refractivity (Wildman–Crippen MR) is 21.5 cm³/mol. The molecule has 0 saturated heterocycles. The standard InChI is InChI=1S/Bi.H2O4S.3H/c;1-5(2,3)4;;;/h;(H2,1,2,3,4);;;/p-1. The van der Waals surface area contributed by atoms with Gasteiger partial charge in [0.25, 0.3) is 0 Å². The normalized spacial score (nSPS) is 9.67. The first-order chi connectivity index (χ1) is 2.00. The molecule has 0 aliphatic rings. The molecule has 0 N–H and O–H groups in total. The first-order valence-electron chi connectivity index (χ1n) is 0.667. The maximum Gasteiger partial charge on any atom is 1.00 e. The summed E-state index contributed by atoms with van der Waals surface area (Å²) in [7, 11) is -5.17. The Bertz CT molecular complexity index is 94.9. The van der Waals surface area contributed by atoms with Crippen molar-refractivity contribution < 1.29 is 18.9 Å². The van der Waals surface area contributed by atoms with E-state index in [0.717, 1.165) is 0 Å². The molecule has 0 rings (SSSR count). The molecule has 0 atom stereocenters. The molecule has 0 aliphatic carbocycles. The van der Waals surface area contributed by atoms with Crippen LogP contribution in [0.3, 0.4) is 0 Å². The molecule has 0 saturated carbocycles. The quantitative estimate of drug-likeness (QED) is 0.284. The fraction of sp³-hybridized carbons (Fsp3) is 0. The van der Waals surface area contributed by atoms with Crippen molar-refractivity contribution in [3.63, 3.8) is 0 Å². The van der Waals surface area contributed by atoms with E-state index in [0.29, 0.717) is 0 Å². The zero-order valence-electron chi connectivity index (χ0n) is 3.75. The Kier molecular flexibility index (Phi) is 4.70. The van der Waals surface area contributed by atoms with Crippen molar-refractivity contribution in [3.05, 3.63) is 0 Å². The first kappa shape index (κ1) is 9.89. The van der Waals surface area contributed by atoms with E-state index in [-0.39, 0.29) is 27.6 Å². The van der Waals surface area contributed by atoms with Gasteiger partial charge in [-0.25, -0.2) is 0 Å². The van der Waals surface area contributed by atoms with Gasteiger partial charge in [-0.1, -0.05) is 0 Å². The molecule has 0 heterocycles. The van der Waals surface area contributed by atoms with E-state index in [1.54, 1.807) is 0 Å². The van der Waals surface area contributed by atoms with Crippen LogP contribution in [0.2, 0.25) is 0 Å². The maximum atomic E-state index is 8.52. The van der Waals surface area contributed by atoms with Crippen LogP contribution in [-0.2, 0) is 10.4 Å². The summed E-state index contributed by atoms with van der Waals surface area (Å²) in [5, 5.41) is 0. The van der Waals surface area contributed by atoms with Crippen molar-refractivity contribution in [2.24, 2.45) is 0 Å². The average Bonchev–Trinajstić information content (AvgIpc) is 0.722. The topological polar surface area (TPSA) is 80.3 Å². The number of rotatable bonds is 0. The molecule has 6 heavy (non-hydrogen) atoms. The third-order valence-electron chi connectivity index (χ3n) is 0. The van der Waals surface area contributed by atoms with Gasteiger partial charge < -0.3 is 9.11 Å². The van der Waals surface area contributed by atoms with E-state index in [1.807, 2.05) is 0 Å². The Hall–Kier alpha value is 0.753. The fourth-order valence-electron chi connectivity index (χ4n) is 0. The Labute approximate surface area is 55.7 Å². The van der Waals surface area contributed by atoms with Gasteiger partial charge >= 0.3 is 27.6 Å². The van der Waals surface area contributed by atoms with Gasteiger partial charge in [0.1, 0.15) is 0 Å². The molecule has 0 amide bonds. The van der Waals surface area contributed by atoms with Crippen molar-refractivity contribution in [3.8, 4) is 0 Å². The Balaban J connectivity index is -0.0000000800. The Morgan fingerprint density at radius 1 is 1.33 bits per heavy atom. The molecule has 0 aliphatic heterocycles. The molecule has 4 nitrogen and oxygen atoms in total. The molecule has 0 radical (unpaired) electrons. The molecular weight excluding hydrogens is 305 g/mol. The molecule has 0 unspecified atom stereocenters. The van der Waals surface area contributed by atoms with E-state index in [1.165, 1.54) is 0 Å². The molecule has 0 bridgehead atoms. The summed E-state index contributed by atoms with van der Waals surface area (Å²) in [6.45, 7) is 0. The van der Waals surface area contributed by atoms with Gasteiger partial charge in [-0.15, -0.1) is 0 Å². The van der Waals surface area contributed by atoms with Gasteiger partial charge in [-0.3, -0.25) is 8.42 Å². The molecule has 0 aromatic rings. The first-order valence-corrected chi connectivity index (χ1v) is 2.00. The van der Waals surface area contributed by atoms with Crippen LogP contribution in [0, 0.1) is 0 Å². The second-order valence-electron chi connectivity index (χ2n) is 0.408. The smallest absolute Gasteiger partial charge is 1.00 e. The minimum atomic E-state index is -5.17. The van der Waals surface area contributed by atoms with E-state index in [2.05, 4.69) is 0 Å². The van der Waals surface area contributed by atoms with Crippen LogP contribution in [0.5, 0.6) is 0 Å². The molecule has 0 spiro atoms. The Morgan fingerprint density at radius 3 is 1.33 bits per heavy atom.